The molecule has 0 aliphatic rings. The Morgan fingerprint density at radius 3 is 2.79 bits per heavy atom. The normalized spacial score (nSPS) is 11.9. The second-order valence-corrected chi connectivity index (χ2v) is 4.26. The van der Waals surface area contributed by atoms with E-state index in [1.165, 1.54) is 0 Å². The number of amides is 3. The summed E-state index contributed by atoms with van der Waals surface area (Å²) in [7, 11) is 1.86. The van der Waals surface area contributed by atoms with Gasteiger partial charge in [0.05, 0.1) is 11.7 Å². The highest BCUT2D eigenvalue weighted by atomic mass is 16.2. The lowest BCUT2D eigenvalue weighted by Gasteiger charge is -2.13. The number of aromatic nitrogens is 2. The van der Waals surface area contributed by atoms with E-state index in [2.05, 4.69) is 21.0 Å². The average Bonchev–Trinajstić information content (AvgIpc) is 2.75. The van der Waals surface area contributed by atoms with E-state index in [9.17, 15) is 9.59 Å². The van der Waals surface area contributed by atoms with E-state index in [0.717, 1.165) is 12.1 Å². The van der Waals surface area contributed by atoms with Gasteiger partial charge in [0.25, 0.3) is 0 Å². The van der Waals surface area contributed by atoms with Gasteiger partial charge >= 0.3 is 6.03 Å². The zero-order valence-corrected chi connectivity index (χ0v) is 11.6. The Labute approximate surface area is 112 Å². The molecule has 19 heavy (non-hydrogen) atoms. The Morgan fingerprint density at radius 1 is 1.47 bits per heavy atom. The number of carbonyl (C=O) groups excluding carboxylic acids is 2. The third-order valence-corrected chi connectivity index (χ3v) is 2.57. The Hall–Kier alpha value is -1.89. The minimum absolute atomic E-state index is 0.341. The van der Waals surface area contributed by atoms with E-state index < -0.39 is 12.1 Å². The Morgan fingerprint density at radius 2 is 2.21 bits per heavy atom. The van der Waals surface area contributed by atoms with E-state index >= 15 is 0 Å². The molecule has 0 radical (unpaired) electrons. The number of aryl methyl sites for hydroxylation is 1. The molecule has 3 N–H and O–H groups in total. The van der Waals surface area contributed by atoms with Crippen molar-refractivity contribution >= 4 is 11.9 Å². The molecule has 7 heteroatoms. The van der Waals surface area contributed by atoms with Gasteiger partial charge in [0, 0.05) is 32.8 Å². The SMILES string of the molecule is CCNC(=O)NC(=O)C(C)NCCc1ccn(C)n1. The molecule has 0 aromatic carbocycles. The van der Waals surface area contributed by atoms with Gasteiger partial charge in [-0.3, -0.25) is 14.8 Å². The van der Waals surface area contributed by atoms with Gasteiger partial charge in [0.2, 0.25) is 5.91 Å². The Bertz CT molecular complexity index is 430. The molecule has 0 aliphatic heterocycles. The van der Waals surface area contributed by atoms with E-state index in [1.807, 2.05) is 19.3 Å². The third-order valence-electron chi connectivity index (χ3n) is 2.57. The van der Waals surface area contributed by atoms with E-state index in [0.29, 0.717) is 13.1 Å². The van der Waals surface area contributed by atoms with E-state index in [1.54, 1.807) is 18.5 Å². The zero-order valence-electron chi connectivity index (χ0n) is 11.6. The highest BCUT2D eigenvalue weighted by Crippen LogP contribution is 1.94. The van der Waals surface area contributed by atoms with Crippen molar-refractivity contribution in [3.05, 3.63) is 18.0 Å². The standard InChI is InChI=1S/C12H21N5O2/c1-4-13-12(19)15-11(18)9(2)14-7-5-10-6-8-17(3)16-10/h6,8-9,14H,4-5,7H2,1-3H3,(H2,13,15,18,19). The van der Waals surface area contributed by atoms with Crippen LogP contribution < -0.4 is 16.0 Å². The molecule has 1 aromatic rings. The third kappa shape index (κ3) is 5.52. The quantitative estimate of drug-likeness (QED) is 0.665. The molecule has 0 fully saturated rings. The molecular formula is C12H21N5O2. The molecule has 0 spiro atoms. The first-order valence-corrected chi connectivity index (χ1v) is 6.33. The van der Waals surface area contributed by atoms with Crippen LogP contribution in [0.4, 0.5) is 4.79 Å². The van der Waals surface area contributed by atoms with Gasteiger partial charge in [-0.1, -0.05) is 0 Å². The van der Waals surface area contributed by atoms with Crippen LogP contribution in [0.3, 0.4) is 0 Å². The first-order chi connectivity index (χ1) is 9.02. The number of carbonyl (C=O) groups is 2. The molecule has 0 bridgehead atoms. The summed E-state index contributed by atoms with van der Waals surface area (Å²) in [6.45, 7) is 4.62. The van der Waals surface area contributed by atoms with Crippen molar-refractivity contribution in [3.63, 3.8) is 0 Å². The van der Waals surface area contributed by atoms with Crippen LogP contribution in [0.2, 0.25) is 0 Å². The molecular weight excluding hydrogens is 246 g/mol. The van der Waals surface area contributed by atoms with Crippen LogP contribution in [0.5, 0.6) is 0 Å². The molecule has 1 aromatic heterocycles. The molecule has 3 amide bonds. The van der Waals surface area contributed by atoms with Crippen molar-refractivity contribution in [1.29, 1.82) is 0 Å². The maximum atomic E-state index is 11.6. The lowest BCUT2D eigenvalue weighted by Crippen LogP contribution is -2.48. The van der Waals surface area contributed by atoms with E-state index in [-0.39, 0.29) is 5.91 Å². The summed E-state index contributed by atoms with van der Waals surface area (Å²) >= 11 is 0. The minimum atomic E-state index is -0.467. The van der Waals surface area contributed by atoms with Gasteiger partial charge in [-0.05, 0) is 19.9 Å². The van der Waals surface area contributed by atoms with Crippen LogP contribution in [0.1, 0.15) is 19.5 Å². The maximum Gasteiger partial charge on any atom is 0.321 e. The second kappa shape index (κ2) is 7.52. The highest BCUT2D eigenvalue weighted by Gasteiger charge is 2.14. The molecule has 1 rings (SSSR count). The fourth-order valence-corrected chi connectivity index (χ4v) is 1.53. The summed E-state index contributed by atoms with van der Waals surface area (Å²) in [5.74, 6) is -0.341. The van der Waals surface area contributed by atoms with Crippen molar-refractivity contribution in [2.75, 3.05) is 13.1 Å². The Kier molecular flexibility index (Phi) is 6.01. The predicted octanol–water partition coefficient (Wildman–Crippen LogP) is -0.214. The van der Waals surface area contributed by atoms with Gasteiger partial charge in [-0.25, -0.2) is 4.79 Å². The summed E-state index contributed by atoms with van der Waals surface area (Å²) in [6, 6.07) is 1.04. The largest absolute Gasteiger partial charge is 0.338 e. The second-order valence-electron chi connectivity index (χ2n) is 4.26. The van der Waals surface area contributed by atoms with Gasteiger partial charge in [0.1, 0.15) is 0 Å². The van der Waals surface area contributed by atoms with Crippen molar-refractivity contribution in [2.45, 2.75) is 26.3 Å². The maximum absolute atomic E-state index is 11.6. The van der Waals surface area contributed by atoms with Crippen LogP contribution >= 0.6 is 0 Å². The van der Waals surface area contributed by atoms with E-state index in [4.69, 9.17) is 0 Å². The van der Waals surface area contributed by atoms with Gasteiger partial charge in [-0.15, -0.1) is 0 Å². The zero-order chi connectivity index (χ0) is 14.3. The lowest BCUT2D eigenvalue weighted by molar-refractivity contribution is -0.121. The number of hydrogen-bond donors (Lipinski definition) is 3. The van der Waals surface area contributed by atoms with Crippen molar-refractivity contribution < 1.29 is 9.59 Å². The Balaban J connectivity index is 2.24. The van der Waals surface area contributed by atoms with Gasteiger partial charge in [-0.2, -0.15) is 5.10 Å². The lowest BCUT2D eigenvalue weighted by atomic mass is 10.2. The first-order valence-electron chi connectivity index (χ1n) is 6.33. The summed E-state index contributed by atoms with van der Waals surface area (Å²) in [5.41, 5.74) is 0.964. The summed E-state index contributed by atoms with van der Waals surface area (Å²) in [5, 5.41) is 12.1. The highest BCUT2D eigenvalue weighted by molar-refractivity contribution is 5.96. The molecule has 0 saturated carbocycles. The molecule has 1 unspecified atom stereocenters. The summed E-state index contributed by atoms with van der Waals surface area (Å²) in [6.07, 6.45) is 2.61. The number of rotatable bonds is 6. The number of nitrogens with one attached hydrogen (secondary N) is 3. The molecule has 1 heterocycles. The summed E-state index contributed by atoms with van der Waals surface area (Å²) < 4.78 is 1.74. The van der Waals surface area contributed by atoms with Crippen LogP contribution in [0.15, 0.2) is 12.3 Å². The molecule has 7 nitrogen and oxygen atoms in total. The number of hydrogen-bond acceptors (Lipinski definition) is 4. The van der Waals surface area contributed by atoms with Crippen LogP contribution in [-0.2, 0) is 18.3 Å². The van der Waals surface area contributed by atoms with Crippen LogP contribution in [-0.4, -0.2) is 40.9 Å². The van der Waals surface area contributed by atoms with Gasteiger partial charge < -0.3 is 10.6 Å². The molecule has 0 aliphatic carbocycles. The van der Waals surface area contributed by atoms with Crippen molar-refractivity contribution in [1.82, 2.24) is 25.7 Å². The predicted molar refractivity (Wildman–Crippen MR) is 71.6 cm³/mol. The van der Waals surface area contributed by atoms with Crippen LogP contribution in [0.25, 0.3) is 0 Å². The van der Waals surface area contributed by atoms with Crippen LogP contribution in [0, 0.1) is 0 Å². The average molecular weight is 267 g/mol. The van der Waals surface area contributed by atoms with Crippen molar-refractivity contribution in [2.24, 2.45) is 7.05 Å². The monoisotopic (exact) mass is 267 g/mol. The minimum Gasteiger partial charge on any atom is -0.338 e. The molecule has 0 saturated heterocycles. The first kappa shape index (κ1) is 15.2. The fourth-order valence-electron chi connectivity index (χ4n) is 1.53. The topological polar surface area (TPSA) is 88.0 Å². The molecule has 106 valence electrons. The van der Waals surface area contributed by atoms with Gasteiger partial charge in [0.15, 0.2) is 0 Å². The number of imide groups is 1. The molecule has 1 atom stereocenters. The fraction of sp³-hybridized carbons (Fsp3) is 0.583. The number of nitrogens with zero attached hydrogens (tertiary/aromatic N) is 2. The number of urea groups is 1. The smallest absolute Gasteiger partial charge is 0.321 e. The summed E-state index contributed by atoms with van der Waals surface area (Å²) in [4.78, 5) is 22.8. The van der Waals surface area contributed by atoms with Crippen molar-refractivity contribution in [3.8, 4) is 0 Å².